The van der Waals surface area contributed by atoms with Crippen molar-refractivity contribution in [3.8, 4) is 5.75 Å². The fraction of sp³-hybridized carbons (Fsp3) is 0.200. The highest BCUT2D eigenvalue weighted by Gasteiger charge is 2.34. The van der Waals surface area contributed by atoms with E-state index in [1.54, 1.807) is 6.92 Å². The molecule has 0 saturated carbocycles. The van der Waals surface area contributed by atoms with Gasteiger partial charge in [0.1, 0.15) is 5.75 Å². The molecule has 0 heterocycles. The molecule has 8 heteroatoms. The predicted molar refractivity (Wildman–Crippen MR) is 79.9 cm³/mol. The first-order chi connectivity index (χ1) is 10.7. The van der Waals surface area contributed by atoms with Crippen LogP contribution in [0.15, 0.2) is 53.4 Å². The topological polar surface area (TPSA) is 55.4 Å². The Balaban J connectivity index is 2.32. The molecule has 1 N–H and O–H groups in total. The van der Waals surface area contributed by atoms with Gasteiger partial charge in [0.2, 0.25) is 0 Å². The largest absolute Gasteiger partial charge is 0.494 e. The summed E-state index contributed by atoms with van der Waals surface area (Å²) in [5.74, 6) is 0.474. The molecule has 124 valence electrons. The average molecular weight is 345 g/mol. The third-order valence-corrected chi connectivity index (χ3v) is 4.30. The van der Waals surface area contributed by atoms with E-state index in [2.05, 4.69) is 0 Å². The van der Waals surface area contributed by atoms with E-state index in [1.165, 1.54) is 36.4 Å². The predicted octanol–water partition coefficient (Wildman–Crippen LogP) is 3.90. The van der Waals surface area contributed by atoms with E-state index < -0.39 is 27.5 Å². The van der Waals surface area contributed by atoms with E-state index >= 15 is 0 Å². The second-order valence-corrected chi connectivity index (χ2v) is 6.24. The van der Waals surface area contributed by atoms with Crippen LogP contribution in [0.25, 0.3) is 0 Å². The molecular formula is C15H14F3NO3S. The maximum absolute atomic E-state index is 12.9. The van der Waals surface area contributed by atoms with Gasteiger partial charge >= 0.3 is 6.18 Å². The van der Waals surface area contributed by atoms with E-state index in [4.69, 9.17) is 4.74 Å². The van der Waals surface area contributed by atoms with Crippen LogP contribution >= 0.6 is 0 Å². The smallest absolute Gasteiger partial charge is 0.418 e. The minimum Gasteiger partial charge on any atom is -0.494 e. The number of rotatable bonds is 5. The monoisotopic (exact) mass is 345 g/mol. The standard InChI is InChI=1S/C15H14F3NO3S/c1-2-22-11-7-9-12(10-8-11)23(20,21)19-14-6-4-3-5-13(14)15(16,17)18/h3-10,19H,2H2,1H3. The average Bonchev–Trinajstić information content (AvgIpc) is 2.47. The minimum atomic E-state index is -4.65. The molecule has 0 aliphatic rings. The Bertz CT molecular complexity index is 771. The number of sulfonamides is 1. The highest BCUT2D eigenvalue weighted by molar-refractivity contribution is 7.92. The van der Waals surface area contributed by atoms with Crippen LogP contribution in [-0.2, 0) is 16.2 Å². The van der Waals surface area contributed by atoms with E-state index in [-0.39, 0.29) is 4.90 Å². The van der Waals surface area contributed by atoms with Gasteiger partial charge in [-0.1, -0.05) is 12.1 Å². The van der Waals surface area contributed by atoms with E-state index in [0.29, 0.717) is 12.4 Å². The van der Waals surface area contributed by atoms with Crippen LogP contribution in [0.2, 0.25) is 0 Å². The molecule has 0 bridgehead atoms. The van der Waals surface area contributed by atoms with Gasteiger partial charge in [0.25, 0.3) is 10.0 Å². The summed E-state index contributed by atoms with van der Waals surface area (Å²) in [7, 11) is -4.13. The zero-order valence-corrected chi connectivity index (χ0v) is 12.9. The summed E-state index contributed by atoms with van der Waals surface area (Å²) in [6.07, 6.45) is -4.65. The van der Waals surface area contributed by atoms with Crippen LogP contribution < -0.4 is 9.46 Å². The van der Waals surface area contributed by atoms with Gasteiger partial charge in [-0.25, -0.2) is 8.42 Å². The molecule has 0 aromatic heterocycles. The molecule has 4 nitrogen and oxygen atoms in total. The first kappa shape index (κ1) is 17.1. The lowest BCUT2D eigenvalue weighted by molar-refractivity contribution is -0.136. The minimum absolute atomic E-state index is 0.155. The third kappa shape index (κ3) is 4.16. The van der Waals surface area contributed by atoms with Crippen molar-refractivity contribution in [3.63, 3.8) is 0 Å². The molecule has 0 unspecified atom stereocenters. The molecule has 2 rings (SSSR count). The van der Waals surface area contributed by atoms with Gasteiger partial charge in [-0.05, 0) is 43.3 Å². The molecule has 2 aromatic carbocycles. The number of nitrogens with one attached hydrogen (secondary N) is 1. The number of benzene rings is 2. The molecule has 0 fully saturated rings. The first-order valence-corrected chi connectivity index (χ1v) is 8.14. The fourth-order valence-electron chi connectivity index (χ4n) is 1.90. The summed E-state index contributed by atoms with van der Waals surface area (Å²) in [4.78, 5) is -0.155. The normalized spacial score (nSPS) is 12.0. The molecule has 0 saturated heterocycles. The Morgan fingerprint density at radius 1 is 1.04 bits per heavy atom. The number of anilines is 1. The van der Waals surface area contributed by atoms with Gasteiger partial charge in [-0.3, -0.25) is 4.72 Å². The second-order valence-electron chi connectivity index (χ2n) is 4.55. The van der Waals surface area contributed by atoms with Crippen LogP contribution in [0.1, 0.15) is 12.5 Å². The van der Waals surface area contributed by atoms with Gasteiger partial charge in [0.05, 0.1) is 22.8 Å². The summed E-state index contributed by atoms with van der Waals surface area (Å²) in [6.45, 7) is 2.20. The molecule has 2 aromatic rings. The fourth-order valence-corrected chi connectivity index (χ4v) is 2.98. The Hall–Kier alpha value is -2.22. The van der Waals surface area contributed by atoms with E-state index in [9.17, 15) is 21.6 Å². The van der Waals surface area contributed by atoms with Crippen molar-refractivity contribution in [1.82, 2.24) is 0 Å². The van der Waals surface area contributed by atoms with Crippen molar-refractivity contribution in [2.45, 2.75) is 18.0 Å². The molecular weight excluding hydrogens is 331 g/mol. The molecule has 0 aliphatic carbocycles. The van der Waals surface area contributed by atoms with E-state index in [0.717, 1.165) is 12.1 Å². The Morgan fingerprint density at radius 3 is 2.22 bits per heavy atom. The Morgan fingerprint density at radius 2 is 1.65 bits per heavy atom. The zero-order valence-electron chi connectivity index (χ0n) is 12.1. The molecule has 0 aliphatic heterocycles. The van der Waals surface area contributed by atoms with Crippen molar-refractivity contribution < 1.29 is 26.3 Å². The van der Waals surface area contributed by atoms with Crippen LogP contribution in [0.3, 0.4) is 0 Å². The molecule has 0 atom stereocenters. The number of ether oxygens (including phenoxy) is 1. The maximum Gasteiger partial charge on any atom is 0.418 e. The number of para-hydroxylation sites is 1. The first-order valence-electron chi connectivity index (χ1n) is 6.66. The lowest BCUT2D eigenvalue weighted by Gasteiger charge is -2.14. The SMILES string of the molecule is CCOc1ccc(S(=O)(=O)Nc2ccccc2C(F)(F)F)cc1. The Kier molecular flexibility index (Phi) is 4.84. The highest BCUT2D eigenvalue weighted by atomic mass is 32.2. The number of halogens is 3. The van der Waals surface area contributed by atoms with Crippen molar-refractivity contribution in [2.75, 3.05) is 11.3 Å². The van der Waals surface area contributed by atoms with Crippen LogP contribution in [0.5, 0.6) is 5.75 Å². The van der Waals surface area contributed by atoms with Gasteiger partial charge in [0, 0.05) is 0 Å². The molecule has 0 radical (unpaired) electrons. The lowest BCUT2D eigenvalue weighted by atomic mass is 10.2. The van der Waals surface area contributed by atoms with Gasteiger partial charge in [-0.15, -0.1) is 0 Å². The lowest BCUT2D eigenvalue weighted by Crippen LogP contribution is -2.17. The van der Waals surface area contributed by atoms with Crippen LogP contribution in [0, 0.1) is 0 Å². The summed E-state index contributed by atoms with van der Waals surface area (Å²) in [5.41, 5.74) is -1.57. The maximum atomic E-state index is 12.9. The summed E-state index contributed by atoms with van der Waals surface area (Å²) in [5, 5.41) is 0. The second kappa shape index (κ2) is 6.49. The quantitative estimate of drug-likeness (QED) is 0.894. The highest BCUT2D eigenvalue weighted by Crippen LogP contribution is 2.35. The molecule has 0 amide bonds. The van der Waals surface area contributed by atoms with Gasteiger partial charge in [-0.2, -0.15) is 13.2 Å². The van der Waals surface area contributed by atoms with Crippen molar-refractivity contribution in [2.24, 2.45) is 0 Å². The van der Waals surface area contributed by atoms with Crippen molar-refractivity contribution in [3.05, 3.63) is 54.1 Å². The summed E-state index contributed by atoms with van der Waals surface area (Å²) in [6, 6.07) is 9.81. The van der Waals surface area contributed by atoms with Crippen LogP contribution in [-0.4, -0.2) is 15.0 Å². The number of hydrogen-bond acceptors (Lipinski definition) is 3. The molecule has 0 spiro atoms. The van der Waals surface area contributed by atoms with Crippen LogP contribution in [0.4, 0.5) is 18.9 Å². The summed E-state index contributed by atoms with van der Waals surface area (Å²) < 4.78 is 70.4. The van der Waals surface area contributed by atoms with E-state index in [1.807, 2.05) is 4.72 Å². The van der Waals surface area contributed by atoms with Gasteiger partial charge in [0.15, 0.2) is 0 Å². The molecule has 23 heavy (non-hydrogen) atoms. The third-order valence-electron chi connectivity index (χ3n) is 2.92. The van der Waals surface area contributed by atoms with Crippen molar-refractivity contribution >= 4 is 15.7 Å². The van der Waals surface area contributed by atoms with Crippen molar-refractivity contribution in [1.29, 1.82) is 0 Å². The number of alkyl halides is 3. The number of hydrogen-bond donors (Lipinski definition) is 1. The zero-order chi connectivity index (χ0) is 17.1. The summed E-state index contributed by atoms with van der Waals surface area (Å²) >= 11 is 0. The Labute approximate surface area is 132 Å². The van der Waals surface area contributed by atoms with Gasteiger partial charge < -0.3 is 4.74 Å².